The minimum Gasteiger partial charge on any atom is -0.608 e. The summed E-state index contributed by atoms with van der Waals surface area (Å²) in [5.74, 6) is 0.631. The van der Waals surface area contributed by atoms with Crippen molar-refractivity contribution in [2.24, 2.45) is 0 Å². The Morgan fingerprint density at radius 1 is 1.22 bits per heavy atom. The molecular weight excluding hydrogens is 383 g/mol. The Bertz CT molecular complexity index is 932. The number of fused-ring (bicyclic) bond motifs is 1. The minimum absolute atomic E-state index is 0.0335. The summed E-state index contributed by atoms with van der Waals surface area (Å²) >= 11 is -1.55. The Morgan fingerprint density at radius 2 is 2.00 bits per heavy atom. The molecule has 2 atom stereocenters. The standard InChI is InChI=1S/C17H16F3N3O3S/c1-10(14-7-11(25-2)5-6-21-14)27(24)16-22-13-4-3-12(8-15(13)23-16)26-9-17(18,19)20/h3-8,10H,9H2,1-2H3,(H,22,23). The van der Waals surface area contributed by atoms with Crippen LogP contribution < -0.4 is 9.47 Å². The number of pyridine rings is 1. The first-order valence-electron chi connectivity index (χ1n) is 7.86. The van der Waals surface area contributed by atoms with Crippen LogP contribution in [0.15, 0.2) is 41.7 Å². The summed E-state index contributed by atoms with van der Waals surface area (Å²) in [7, 11) is 1.53. The van der Waals surface area contributed by atoms with Gasteiger partial charge in [-0.2, -0.15) is 18.2 Å². The molecule has 1 aromatic carbocycles. The van der Waals surface area contributed by atoms with Gasteiger partial charge >= 0.3 is 11.3 Å². The maximum Gasteiger partial charge on any atom is 0.422 e. The van der Waals surface area contributed by atoms with Gasteiger partial charge in [0.25, 0.3) is 0 Å². The van der Waals surface area contributed by atoms with Gasteiger partial charge in [0.1, 0.15) is 11.5 Å². The quantitative estimate of drug-likeness (QED) is 0.638. The Labute approximate surface area is 155 Å². The molecule has 144 valence electrons. The molecule has 27 heavy (non-hydrogen) atoms. The minimum atomic E-state index is -4.42. The monoisotopic (exact) mass is 399 g/mol. The van der Waals surface area contributed by atoms with Crippen molar-refractivity contribution in [3.8, 4) is 11.5 Å². The smallest absolute Gasteiger partial charge is 0.422 e. The normalized spacial score (nSPS) is 14.1. The first kappa shape index (κ1) is 19.3. The van der Waals surface area contributed by atoms with Crippen LogP contribution in [0.25, 0.3) is 11.0 Å². The summed E-state index contributed by atoms with van der Waals surface area (Å²) in [6, 6.07) is 7.67. The number of rotatable bonds is 6. The van der Waals surface area contributed by atoms with Gasteiger partial charge in [-0.25, -0.2) is 0 Å². The third-order valence-electron chi connectivity index (χ3n) is 3.75. The molecular formula is C17H16F3N3O3S. The van der Waals surface area contributed by atoms with Gasteiger partial charge in [-0.1, -0.05) is 0 Å². The first-order valence-corrected chi connectivity index (χ1v) is 9.08. The van der Waals surface area contributed by atoms with Crippen LogP contribution in [0.1, 0.15) is 17.9 Å². The molecule has 0 aliphatic rings. The number of nitrogens with zero attached hydrogens (tertiary/aromatic N) is 2. The largest absolute Gasteiger partial charge is 0.608 e. The van der Waals surface area contributed by atoms with Crippen molar-refractivity contribution >= 4 is 22.2 Å². The Balaban J connectivity index is 1.81. The summed E-state index contributed by atoms with van der Waals surface area (Å²) in [6.45, 7) is 0.350. The molecule has 0 radical (unpaired) electrons. The molecule has 6 nitrogen and oxygen atoms in total. The number of nitrogens with one attached hydrogen (secondary N) is 1. The van der Waals surface area contributed by atoms with Crippen molar-refractivity contribution in [3.63, 3.8) is 0 Å². The number of H-pyrrole nitrogens is 1. The SMILES string of the molecule is COc1ccnc(C(C)[S+]([O-])c2nc3cc(OCC(F)(F)F)ccc3[nH]2)c1. The molecule has 10 heteroatoms. The molecule has 0 aliphatic carbocycles. The topological polar surface area (TPSA) is 83.1 Å². The van der Waals surface area contributed by atoms with E-state index in [1.165, 1.54) is 25.3 Å². The Morgan fingerprint density at radius 3 is 2.70 bits per heavy atom. The van der Waals surface area contributed by atoms with Gasteiger partial charge in [-0.15, -0.1) is 0 Å². The van der Waals surface area contributed by atoms with Crippen molar-refractivity contribution in [2.75, 3.05) is 13.7 Å². The summed E-state index contributed by atoms with van der Waals surface area (Å²) in [5.41, 5.74) is 1.48. The summed E-state index contributed by atoms with van der Waals surface area (Å²) in [4.78, 5) is 11.4. The van der Waals surface area contributed by atoms with E-state index in [1.54, 1.807) is 25.3 Å². The fraction of sp³-hybridized carbons (Fsp3) is 0.294. The van der Waals surface area contributed by atoms with Gasteiger partial charge in [-0.3, -0.25) is 9.97 Å². The molecule has 0 saturated carbocycles. The number of alkyl halides is 3. The molecule has 3 aromatic rings. The zero-order chi connectivity index (χ0) is 19.6. The average Bonchev–Trinajstić information content (AvgIpc) is 3.08. The number of imidazole rings is 1. The summed E-state index contributed by atoms with van der Waals surface area (Å²) in [5, 5.41) is -0.267. The number of ether oxygens (including phenoxy) is 2. The second-order valence-corrected chi connectivity index (χ2v) is 7.37. The maximum absolute atomic E-state index is 12.8. The molecule has 2 unspecified atom stereocenters. The van der Waals surface area contributed by atoms with Gasteiger partial charge in [0.15, 0.2) is 11.9 Å². The van der Waals surface area contributed by atoms with Gasteiger partial charge in [0.2, 0.25) is 0 Å². The highest BCUT2D eigenvalue weighted by Crippen LogP contribution is 2.29. The van der Waals surface area contributed by atoms with Crippen LogP contribution in [-0.2, 0) is 11.2 Å². The van der Waals surface area contributed by atoms with Crippen LogP contribution in [-0.4, -0.2) is 39.4 Å². The Hall–Kier alpha value is -2.46. The lowest BCUT2D eigenvalue weighted by molar-refractivity contribution is -0.153. The molecule has 3 rings (SSSR count). The van der Waals surface area contributed by atoms with Crippen LogP contribution in [0.3, 0.4) is 0 Å². The van der Waals surface area contributed by atoms with E-state index in [4.69, 9.17) is 9.47 Å². The van der Waals surface area contributed by atoms with E-state index in [1.807, 2.05) is 0 Å². The van der Waals surface area contributed by atoms with E-state index in [9.17, 15) is 17.7 Å². The number of benzene rings is 1. The van der Waals surface area contributed by atoms with Crippen molar-refractivity contribution < 1.29 is 27.2 Å². The van der Waals surface area contributed by atoms with E-state index in [0.717, 1.165) is 0 Å². The van der Waals surface area contributed by atoms with Crippen LogP contribution >= 0.6 is 0 Å². The zero-order valence-corrected chi connectivity index (χ0v) is 15.2. The van der Waals surface area contributed by atoms with E-state index >= 15 is 0 Å². The second-order valence-electron chi connectivity index (χ2n) is 5.68. The highest BCUT2D eigenvalue weighted by atomic mass is 32.2. The van der Waals surface area contributed by atoms with Gasteiger partial charge in [0.05, 0.1) is 23.8 Å². The molecule has 0 saturated heterocycles. The van der Waals surface area contributed by atoms with Crippen molar-refractivity contribution in [1.82, 2.24) is 15.0 Å². The number of halogens is 3. The molecule has 0 aliphatic heterocycles. The number of hydrogen-bond donors (Lipinski definition) is 1. The number of aromatic amines is 1. The fourth-order valence-corrected chi connectivity index (χ4v) is 3.45. The average molecular weight is 399 g/mol. The van der Waals surface area contributed by atoms with Crippen molar-refractivity contribution in [1.29, 1.82) is 0 Å². The summed E-state index contributed by atoms with van der Waals surface area (Å²) in [6.07, 6.45) is -2.86. The number of hydrogen-bond acceptors (Lipinski definition) is 5. The fourth-order valence-electron chi connectivity index (χ4n) is 2.37. The van der Waals surface area contributed by atoms with E-state index < -0.39 is 29.2 Å². The molecule has 0 fully saturated rings. The lowest BCUT2D eigenvalue weighted by Crippen LogP contribution is -2.19. The van der Waals surface area contributed by atoms with E-state index in [0.29, 0.717) is 22.5 Å². The lowest BCUT2D eigenvalue weighted by atomic mass is 10.3. The van der Waals surface area contributed by atoms with Gasteiger partial charge in [0, 0.05) is 29.5 Å². The number of aromatic nitrogens is 3. The van der Waals surface area contributed by atoms with Crippen molar-refractivity contribution in [2.45, 2.75) is 23.5 Å². The molecule has 0 bridgehead atoms. The molecule has 0 amide bonds. The predicted molar refractivity (Wildman–Crippen MR) is 93.3 cm³/mol. The molecule has 1 N–H and O–H groups in total. The van der Waals surface area contributed by atoms with Gasteiger partial charge in [-0.05, 0) is 25.1 Å². The highest BCUT2D eigenvalue weighted by molar-refractivity contribution is 7.91. The Kier molecular flexibility index (Phi) is 5.47. The highest BCUT2D eigenvalue weighted by Gasteiger charge is 2.29. The van der Waals surface area contributed by atoms with Crippen LogP contribution in [0.2, 0.25) is 0 Å². The second kappa shape index (κ2) is 7.65. The first-order chi connectivity index (χ1) is 12.8. The zero-order valence-electron chi connectivity index (χ0n) is 14.4. The predicted octanol–water partition coefficient (Wildman–Crippen LogP) is 3.78. The molecule has 0 spiro atoms. The number of methoxy groups -OCH3 is 1. The van der Waals surface area contributed by atoms with Crippen LogP contribution in [0.5, 0.6) is 11.5 Å². The van der Waals surface area contributed by atoms with E-state index in [-0.39, 0.29) is 10.9 Å². The summed E-state index contributed by atoms with van der Waals surface area (Å²) < 4.78 is 59.5. The third kappa shape index (κ3) is 4.64. The van der Waals surface area contributed by atoms with Crippen LogP contribution in [0, 0.1) is 0 Å². The third-order valence-corrected chi connectivity index (χ3v) is 5.21. The molecule has 2 heterocycles. The van der Waals surface area contributed by atoms with Gasteiger partial charge < -0.3 is 14.0 Å². The maximum atomic E-state index is 12.8. The molecule has 2 aromatic heterocycles. The lowest BCUT2D eigenvalue weighted by Gasteiger charge is -2.15. The van der Waals surface area contributed by atoms with E-state index in [2.05, 4.69) is 15.0 Å². The van der Waals surface area contributed by atoms with Crippen molar-refractivity contribution in [3.05, 3.63) is 42.2 Å². The van der Waals surface area contributed by atoms with Crippen LogP contribution in [0.4, 0.5) is 13.2 Å².